The van der Waals surface area contributed by atoms with E-state index in [0.29, 0.717) is 34.1 Å². The van der Waals surface area contributed by atoms with E-state index in [1.165, 1.54) is 14.2 Å². The van der Waals surface area contributed by atoms with Crippen LogP contribution < -0.4 is 16.4 Å². The van der Waals surface area contributed by atoms with Crippen molar-refractivity contribution < 1.29 is 23.8 Å². The third kappa shape index (κ3) is 6.52. The summed E-state index contributed by atoms with van der Waals surface area (Å²) in [5.41, 5.74) is 7.32. The van der Waals surface area contributed by atoms with Crippen LogP contribution in [0.1, 0.15) is 34.1 Å². The van der Waals surface area contributed by atoms with E-state index >= 15 is 0 Å². The minimum atomic E-state index is -0.566. The maximum absolute atomic E-state index is 12.8. The van der Waals surface area contributed by atoms with Crippen LogP contribution in [0.4, 0.5) is 5.69 Å². The molecule has 0 saturated heterocycles. The van der Waals surface area contributed by atoms with Gasteiger partial charge in [0.15, 0.2) is 6.29 Å². The van der Waals surface area contributed by atoms with E-state index in [-0.39, 0.29) is 24.5 Å². The van der Waals surface area contributed by atoms with Crippen molar-refractivity contribution in [2.45, 2.75) is 25.7 Å². The molecule has 0 bridgehead atoms. The van der Waals surface area contributed by atoms with E-state index in [2.05, 4.69) is 10.6 Å². The Bertz CT molecular complexity index is 655. The molecule has 1 aromatic rings. The second-order valence-electron chi connectivity index (χ2n) is 5.69. The van der Waals surface area contributed by atoms with E-state index in [1.54, 1.807) is 7.11 Å². The van der Waals surface area contributed by atoms with Gasteiger partial charge in [-0.1, -0.05) is 6.92 Å². The summed E-state index contributed by atoms with van der Waals surface area (Å²) < 4.78 is 17.2. The molecule has 0 aromatic heterocycles. The summed E-state index contributed by atoms with van der Waals surface area (Å²) in [6, 6.07) is 0. The first-order valence-electron chi connectivity index (χ1n) is 8.33. The van der Waals surface area contributed by atoms with Crippen molar-refractivity contribution in [1.82, 2.24) is 10.6 Å². The molecule has 0 spiro atoms. The predicted octanol–water partition coefficient (Wildman–Crippen LogP) is 2.59. The van der Waals surface area contributed by atoms with Gasteiger partial charge in [0.05, 0.1) is 36.6 Å². The van der Waals surface area contributed by atoms with Gasteiger partial charge >= 0.3 is 0 Å². The zero-order valence-electron chi connectivity index (χ0n) is 16.0. The number of halogens is 3. The van der Waals surface area contributed by atoms with Gasteiger partial charge in [0.2, 0.25) is 0 Å². The highest BCUT2D eigenvalue weighted by Crippen LogP contribution is 2.33. The van der Waals surface area contributed by atoms with E-state index in [9.17, 15) is 9.59 Å². The van der Waals surface area contributed by atoms with Gasteiger partial charge in [0.1, 0.15) is 0 Å². The van der Waals surface area contributed by atoms with Crippen molar-refractivity contribution in [3.05, 3.63) is 21.8 Å². The lowest BCUT2D eigenvalue weighted by atomic mass is 10.1. The van der Waals surface area contributed by atoms with Crippen molar-refractivity contribution in [3.63, 3.8) is 0 Å². The monoisotopic (exact) mass is 731 g/mol. The highest BCUT2D eigenvalue weighted by Gasteiger charge is 2.27. The van der Waals surface area contributed by atoms with Gasteiger partial charge in [-0.2, -0.15) is 0 Å². The molecule has 0 fully saturated rings. The van der Waals surface area contributed by atoms with Crippen LogP contribution in [0.2, 0.25) is 0 Å². The lowest BCUT2D eigenvalue weighted by Gasteiger charge is -2.19. The molecule has 158 valence electrons. The zero-order valence-corrected chi connectivity index (χ0v) is 22.5. The summed E-state index contributed by atoms with van der Waals surface area (Å²) in [4.78, 5) is 25.6. The molecule has 8 nitrogen and oxygen atoms in total. The van der Waals surface area contributed by atoms with E-state index in [4.69, 9.17) is 19.9 Å². The largest absolute Gasteiger partial charge is 0.397 e. The number of benzene rings is 1. The number of rotatable bonds is 10. The molecular weight excluding hydrogens is 707 g/mol. The van der Waals surface area contributed by atoms with Gasteiger partial charge in [-0.05, 0) is 74.2 Å². The lowest BCUT2D eigenvalue weighted by Crippen LogP contribution is -2.36. The summed E-state index contributed by atoms with van der Waals surface area (Å²) in [5, 5.41) is 5.62. The van der Waals surface area contributed by atoms with Gasteiger partial charge in [0, 0.05) is 31.4 Å². The van der Waals surface area contributed by atoms with Crippen molar-refractivity contribution >= 4 is 85.3 Å². The highest BCUT2D eigenvalue weighted by atomic mass is 127. The topological polar surface area (TPSA) is 112 Å². The number of hydrogen-bond acceptors (Lipinski definition) is 6. The molecule has 2 amide bonds. The summed E-state index contributed by atoms with van der Waals surface area (Å²) >= 11 is 6.06. The number of hydrogen-bond donors (Lipinski definition) is 3. The van der Waals surface area contributed by atoms with Crippen molar-refractivity contribution in [2.75, 3.05) is 40.2 Å². The minimum Gasteiger partial charge on any atom is -0.397 e. The zero-order chi connectivity index (χ0) is 21.4. The Morgan fingerprint density at radius 2 is 1.36 bits per heavy atom. The maximum Gasteiger partial charge on any atom is 0.253 e. The molecule has 0 heterocycles. The fourth-order valence-corrected chi connectivity index (χ4v) is 6.44. The molecule has 1 atom stereocenters. The smallest absolute Gasteiger partial charge is 0.253 e. The Labute approximate surface area is 205 Å². The lowest BCUT2D eigenvalue weighted by molar-refractivity contribution is -0.0974. The Kier molecular flexibility index (Phi) is 11.8. The molecule has 1 unspecified atom stereocenters. The van der Waals surface area contributed by atoms with E-state index < -0.39 is 6.29 Å². The fraction of sp³-hybridized carbons (Fsp3) is 0.529. The average molecular weight is 731 g/mol. The van der Waals surface area contributed by atoms with Gasteiger partial charge in [-0.25, -0.2) is 0 Å². The first-order valence-corrected chi connectivity index (χ1v) is 11.6. The quantitative estimate of drug-likeness (QED) is 0.194. The normalized spacial score (nSPS) is 12.1. The van der Waals surface area contributed by atoms with E-state index in [0.717, 1.165) is 6.42 Å². The van der Waals surface area contributed by atoms with Crippen molar-refractivity contribution in [1.29, 1.82) is 0 Å². The number of nitrogens with two attached hydrogens (primary N) is 1. The first kappa shape index (κ1) is 26.1. The van der Waals surface area contributed by atoms with Crippen LogP contribution in [0.3, 0.4) is 0 Å². The predicted molar refractivity (Wildman–Crippen MR) is 133 cm³/mol. The van der Waals surface area contributed by atoms with Crippen LogP contribution in [0.15, 0.2) is 0 Å². The number of carbonyl (C=O) groups is 2. The fourth-order valence-electron chi connectivity index (χ4n) is 2.30. The molecule has 0 saturated carbocycles. The van der Waals surface area contributed by atoms with Crippen molar-refractivity contribution in [3.8, 4) is 0 Å². The molecule has 1 aromatic carbocycles. The molecule has 0 radical (unpaired) electrons. The van der Waals surface area contributed by atoms with Crippen LogP contribution in [0.5, 0.6) is 0 Å². The first-order chi connectivity index (χ1) is 13.2. The molecule has 0 aliphatic rings. The average Bonchev–Trinajstić information content (AvgIpc) is 2.68. The second-order valence-corrected chi connectivity index (χ2v) is 8.93. The highest BCUT2D eigenvalue weighted by molar-refractivity contribution is 14.1. The molecule has 11 heteroatoms. The molecule has 28 heavy (non-hydrogen) atoms. The SMILES string of the molecule is CCC(CNC(=O)c1c(I)c(N)c(I)c(C(=O)NCC(OC)OC)c1I)OC. The van der Waals surface area contributed by atoms with Gasteiger partial charge in [-0.15, -0.1) is 0 Å². The Balaban J connectivity index is 3.20. The Morgan fingerprint density at radius 1 is 0.893 bits per heavy atom. The van der Waals surface area contributed by atoms with Gasteiger partial charge < -0.3 is 30.6 Å². The van der Waals surface area contributed by atoms with Crippen LogP contribution in [0, 0.1) is 10.7 Å². The van der Waals surface area contributed by atoms with Crippen molar-refractivity contribution in [2.24, 2.45) is 0 Å². The van der Waals surface area contributed by atoms with Crippen LogP contribution >= 0.6 is 67.8 Å². The summed E-state index contributed by atoms with van der Waals surface area (Å²) in [7, 11) is 4.58. The molecule has 0 aliphatic heterocycles. The summed E-state index contributed by atoms with van der Waals surface area (Å²) in [6.45, 7) is 2.51. The second kappa shape index (κ2) is 12.7. The standard InChI is InChI=1S/C17H24I3N3O5/c1-5-8(26-2)6-22-16(24)10-12(18)11(14(20)15(21)13(10)19)17(25)23-7-9(27-3)28-4/h8-9H,5-7,21H2,1-4H3,(H,22,24)(H,23,25). The van der Waals surface area contributed by atoms with Gasteiger partial charge in [0.25, 0.3) is 11.8 Å². The number of ether oxygens (including phenoxy) is 3. The number of nitrogens with one attached hydrogen (secondary N) is 2. The third-order valence-electron chi connectivity index (χ3n) is 4.04. The number of carbonyl (C=O) groups excluding carboxylic acids is 2. The number of nitrogen functional groups attached to an aromatic ring is 1. The summed E-state index contributed by atoms with van der Waals surface area (Å²) in [6.07, 6.45) is 0.125. The van der Waals surface area contributed by atoms with Crippen LogP contribution in [-0.4, -0.2) is 58.6 Å². The Hall–Kier alpha value is 0.0300. The number of methoxy groups -OCH3 is 3. The molecular formula is C17H24I3N3O5. The van der Waals surface area contributed by atoms with Crippen LogP contribution in [-0.2, 0) is 14.2 Å². The molecule has 4 N–H and O–H groups in total. The van der Waals surface area contributed by atoms with Gasteiger partial charge in [-0.3, -0.25) is 9.59 Å². The Morgan fingerprint density at radius 3 is 1.75 bits per heavy atom. The number of amides is 2. The number of anilines is 1. The molecule has 0 aliphatic carbocycles. The molecule has 1 rings (SSSR count). The minimum absolute atomic E-state index is 0.0803. The summed E-state index contributed by atoms with van der Waals surface area (Å²) in [5.74, 6) is -0.651. The third-order valence-corrected chi connectivity index (χ3v) is 7.36. The maximum atomic E-state index is 12.8. The van der Waals surface area contributed by atoms with Crippen LogP contribution in [0.25, 0.3) is 0 Å². The van der Waals surface area contributed by atoms with E-state index in [1.807, 2.05) is 74.7 Å².